The third-order valence-electron chi connectivity index (χ3n) is 5.15. The molecular formula is C21H19N7O2. The van der Waals surface area contributed by atoms with Gasteiger partial charge in [-0.15, -0.1) is 5.10 Å². The molecule has 1 amide bonds. The molecule has 4 heterocycles. The van der Waals surface area contributed by atoms with Gasteiger partial charge in [0.25, 0.3) is 11.8 Å². The number of piperidine rings is 1. The Labute approximate surface area is 172 Å². The highest BCUT2D eigenvalue weighted by molar-refractivity contribution is 5.93. The molecule has 4 aromatic rings. The zero-order valence-corrected chi connectivity index (χ0v) is 16.1. The van der Waals surface area contributed by atoms with Gasteiger partial charge >= 0.3 is 0 Å². The van der Waals surface area contributed by atoms with Crippen molar-refractivity contribution in [2.24, 2.45) is 0 Å². The molecule has 0 N–H and O–H groups in total. The Kier molecular flexibility index (Phi) is 4.76. The van der Waals surface area contributed by atoms with Crippen molar-refractivity contribution in [2.45, 2.75) is 18.9 Å². The minimum absolute atomic E-state index is 0.0162. The smallest absolute Gasteiger partial charge is 0.280 e. The lowest BCUT2D eigenvalue weighted by Gasteiger charge is -2.32. The molecule has 30 heavy (non-hydrogen) atoms. The molecule has 3 aromatic heterocycles. The van der Waals surface area contributed by atoms with Crippen LogP contribution in [0.3, 0.4) is 0 Å². The number of nitrogens with zero attached hydrogens (tertiary/aromatic N) is 7. The van der Waals surface area contributed by atoms with Gasteiger partial charge in [-0.05, 0) is 25.0 Å². The van der Waals surface area contributed by atoms with Crippen LogP contribution in [0.1, 0.15) is 29.2 Å². The van der Waals surface area contributed by atoms with Gasteiger partial charge in [0.05, 0.1) is 17.8 Å². The zero-order valence-electron chi connectivity index (χ0n) is 16.1. The minimum atomic E-state index is -0.0162. The Hall–Kier alpha value is -3.88. The van der Waals surface area contributed by atoms with Gasteiger partial charge in [-0.25, -0.2) is 4.68 Å². The summed E-state index contributed by atoms with van der Waals surface area (Å²) < 4.78 is 7.16. The molecule has 9 heteroatoms. The van der Waals surface area contributed by atoms with Crippen molar-refractivity contribution in [2.75, 3.05) is 13.1 Å². The maximum atomic E-state index is 12.7. The molecule has 1 unspecified atom stereocenters. The van der Waals surface area contributed by atoms with Gasteiger partial charge < -0.3 is 9.42 Å². The summed E-state index contributed by atoms with van der Waals surface area (Å²) in [5.41, 5.74) is 1.98. The van der Waals surface area contributed by atoms with Crippen molar-refractivity contribution in [1.29, 1.82) is 0 Å². The standard InChI is InChI=1S/C21H19N7O2/c29-21(16-8-4-10-22-12-16)27-11-5-9-17(13-27)28-14-18(24-26-28)20-23-19(25-30-20)15-6-2-1-3-7-15/h1-4,6-8,10,12,14,17H,5,9,11,13H2. The normalized spacial score (nSPS) is 16.5. The molecule has 0 bridgehead atoms. The monoisotopic (exact) mass is 401 g/mol. The van der Waals surface area contributed by atoms with Crippen molar-refractivity contribution in [3.63, 3.8) is 0 Å². The van der Waals surface area contributed by atoms with E-state index < -0.39 is 0 Å². The molecule has 1 aromatic carbocycles. The summed E-state index contributed by atoms with van der Waals surface area (Å²) in [4.78, 5) is 23.1. The summed E-state index contributed by atoms with van der Waals surface area (Å²) in [6.07, 6.45) is 6.86. The van der Waals surface area contributed by atoms with E-state index in [-0.39, 0.29) is 11.9 Å². The predicted molar refractivity (Wildman–Crippen MR) is 107 cm³/mol. The SMILES string of the molecule is O=C(c1cccnc1)N1CCCC(n2cc(-c3nc(-c4ccccc4)no3)nn2)C1. The molecule has 5 rings (SSSR count). The van der Waals surface area contributed by atoms with E-state index in [1.54, 1.807) is 35.4 Å². The lowest BCUT2D eigenvalue weighted by molar-refractivity contribution is 0.0671. The second-order valence-electron chi connectivity index (χ2n) is 7.16. The predicted octanol–water partition coefficient (Wildman–Crippen LogP) is 2.87. The van der Waals surface area contributed by atoms with Crippen LogP contribution in [0.4, 0.5) is 0 Å². The summed E-state index contributed by atoms with van der Waals surface area (Å²) in [7, 11) is 0. The summed E-state index contributed by atoms with van der Waals surface area (Å²) in [5.74, 6) is 0.808. The average molecular weight is 401 g/mol. The fourth-order valence-electron chi connectivity index (χ4n) is 3.61. The molecule has 1 aliphatic rings. The van der Waals surface area contributed by atoms with Gasteiger partial charge in [0, 0.05) is 31.0 Å². The molecule has 1 saturated heterocycles. The van der Waals surface area contributed by atoms with E-state index in [0.29, 0.717) is 29.5 Å². The van der Waals surface area contributed by atoms with Gasteiger partial charge in [-0.2, -0.15) is 4.98 Å². The van der Waals surface area contributed by atoms with Crippen molar-refractivity contribution in [1.82, 2.24) is 35.0 Å². The van der Waals surface area contributed by atoms with Gasteiger partial charge in [-0.3, -0.25) is 9.78 Å². The van der Waals surface area contributed by atoms with Crippen LogP contribution in [0.5, 0.6) is 0 Å². The molecule has 1 fully saturated rings. The van der Waals surface area contributed by atoms with E-state index in [1.807, 2.05) is 35.2 Å². The Morgan fingerprint density at radius 1 is 1.13 bits per heavy atom. The first-order valence-corrected chi connectivity index (χ1v) is 9.78. The van der Waals surface area contributed by atoms with Gasteiger partial charge in [-0.1, -0.05) is 40.7 Å². The molecule has 0 saturated carbocycles. The number of carbonyl (C=O) groups excluding carboxylic acids is 1. The van der Waals surface area contributed by atoms with E-state index in [4.69, 9.17) is 4.52 Å². The van der Waals surface area contributed by atoms with Crippen LogP contribution in [0.2, 0.25) is 0 Å². The van der Waals surface area contributed by atoms with E-state index in [9.17, 15) is 4.79 Å². The fourth-order valence-corrected chi connectivity index (χ4v) is 3.61. The van der Waals surface area contributed by atoms with Crippen LogP contribution in [-0.4, -0.2) is 54.0 Å². The molecule has 0 radical (unpaired) electrons. The van der Waals surface area contributed by atoms with Crippen molar-refractivity contribution >= 4 is 5.91 Å². The van der Waals surface area contributed by atoms with E-state index in [0.717, 1.165) is 24.9 Å². The average Bonchev–Trinajstić information content (AvgIpc) is 3.50. The third-order valence-corrected chi connectivity index (χ3v) is 5.15. The van der Waals surface area contributed by atoms with Gasteiger partial charge in [0.1, 0.15) is 0 Å². The zero-order chi connectivity index (χ0) is 20.3. The molecule has 9 nitrogen and oxygen atoms in total. The number of carbonyl (C=O) groups is 1. The molecular weight excluding hydrogens is 382 g/mol. The number of amides is 1. The van der Waals surface area contributed by atoms with Crippen LogP contribution in [-0.2, 0) is 0 Å². The largest absolute Gasteiger partial charge is 0.336 e. The topological polar surface area (TPSA) is 103 Å². The third kappa shape index (κ3) is 3.57. The number of hydrogen-bond donors (Lipinski definition) is 0. The summed E-state index contributed by atoms with van der Waals surface area (Å²) >= 11 is 0. The summed E-state index contributed by atoms with van der Waals surface area (Å²) in [6.45, 7) is 1.28. The van der Waals surface area contributed by atoms with Crippen molar-refractivity contribution < 1.29 is 9.32 Å². The highest BCUT2D eigenvalue weighted by Crippen LogP contribution is 2.25. The van der Waals surface area contributed by atoms with Crippen molar-refractivity contribution in [3.05, 3.63) is 66.6 Å². The van der Waals surface area contributed by atoms with E-state index in [2.05, 4.69) is 25.4 Å². The lowest BCUT2D eigenvalue weighted by Crippen LogP contribution is -2.40. The first kappa shape index (κ1) is 18.2. The van der Waals surface area contributed by atoms with Crippen LogP contribution < -0.4 is 0 Å². The fraction of sp³-hybridized carbons (Fsp3) is 0.238. The van der Waals surface area contributed by atoms with Crippen molar-refractivity contribution in [3.8, 4) is 23.0 Å². The lowest BCUT2D eigenvalue weighted by atomic mass is 10.0. The second kappa shape index (κ2) is 7.86. The molecule has 0 aliphatic carbocycles. The molecule has 150 valence electrons. The van der Waals surface area contributed by atoms with Crippen LogP contribution in [0.25, 0.3) is 23.0 Å². The number of rotatable bonds is 4. The van der Waals surface area contributed by atoms with Gasteiger partial charge in [0.2, 0.25) is 5.82 Å². The Morgan fingerprint density at radius 2 is 2.03 bits per heavy atom. The van der Waals surface area contributed by atoms with Gasteiger partial charge in [0.15, 0.2) is 5.69 Å². The highest BCUT2D eigenvalue weighted by Gasteiger charge is 2.27. The van der Waals surface area contributed by atoms with Crippen LogP contribution >= 0.6 is 0 Å². The molecule has 1 aliphatic heterocycles. The number of aromatic nitrogens is 6. The quantitative estimate of drug-likeness (QED) is 0.518. The number of hydrogen-bond acceptors (Lipinski definition) is 7. The Bertz CT molecular complexity index is 1140. The summed E-state index contributed by atoms with van der Waals surface area (Å²) in [5, 5.41) is 12.5. The second-order valence-corrected chi connectivity index (χ2v) is 7.16. The Morgan fingerprint density at radius 3 is 2.87 bits per heavy atom. The number of benzene rings is 1. The Balaban J connectivity index is 1.32. The molecule has 1 atom stereocenters. The number of likely N-dealkylation sites (tertiary alicyclic amines) is 1. The van der Waals surface area contributed by atoms with Crippen LogP contribution in [0, 0.1) is 0 Å². The maximum Gasteiger partial charge on any atom is 0.280 e. The summed E-state index contributed by atoms with van der Waals surface area (Å²) in [6, 6.07) is 13.2. The van der Waals surface area contributed by atoms with E-state index in [1.165, 1.54) is 0 Å². The maximum absolute atomic E-state index is 12.7. The number of pyridine rings is 1. The molecule has 0 spiro atoms. The van der Waals surface area contributed by atoms with Crippen LogP contribution in [0.15, 0.2) is 65.6 Å². The minimum Gasteiger partial charge on any atom is -0.336 e. The van der Waals surface area contributed by atoms with E-state index >= 15 is 0 Å². The first-order valence-electron chi connectivity index (χ1n) is 9.78. The first-order chi connectivity index (χ1) is 14.8. The highest BCUT2D eigenvalue weighted by atomic mass is 16.5.